The van der Waals surface area contributed by atoms with Gasteiger partial charge in [0.05, 0.1) is 5.54 Å². The van der Waals surface area contributed by atoms with E-state index in [4.69, 9.17) is 5.73 Å². The molecule has 6 heteroatoms. The molecule has 0 amide bonds. The fourth-order valence-corrected chi connectivity index (χ4v) is 1.88. The van der Waals surface area contributed by atoms with Crippen LogP contribution in [0.15, 0.2) is 0 Å². The molecular formula is C7H14N6. The number of likely N-dealkylation sites (N-methyl/N-ethyl adjacent to an activating group) is 1. The molecule has 2 unspecified atom stereocenters. The summed E-state index contributed by atoms with van der Waals surface area (Å²) in [6, 6.07) is 0.475. The second-order valence-corrected chi connectivity index (χ2v) is 3.86. The van der Waals surface area contributed by atoms with Gasteiger partial charge in [0, 0.05) is 12.6 Å². The Balaban J connectivity index is 2.24. The minimum atomic E-state index is -0.429. The number of H-pyrrole nitrogens is 1. The van der Waals surface area contributed by atoms with Crippen molar-refractivity contribution in [2.24, 2.45) is 5.73 Å². The van der Waals surface area contributed by atoms with Gasteiger partial charge in [-0.05, 0) is 20.4 Å². The number of tetrazole rings is 1. The molecule has 1 aromatic rings. The number of likely N-dealkylation sites (tertiary alicyclic amines) is 1. The lowest BCUT2D eigenvalue weighted by Crippen LogP contribution is -2.40. The zero-order chi connectivity index (χ0) is 9.47. The van der Waals surface area contributed by atoms with Gasteiger partial charge in [-0.2, -0.15) is 5.21 Å². The molecule has 72 valence electrons. The fourth-order valence-electron chi connectivity index (χ4n) is 1.88. The van der Waals surface area contributed by atoms with E-state index in [0.717, 1.165) is 13.0 Å². The average Bonchev–Trinajstić information content (AvgIpc) is 2.61. The number of nitrogens with zero attached hydrogens (tertiary/aromatic N) is 4. The Hall–Kier alpha value is -1.01. The van der Waals surface area contributed by atoms with Crippen LogP contribution in [-0.4, -0.2) is 45.2 Å². The number of nitrogens with two attached hydrogens (primary N) is 1. The van der Waals surface area contributed by atoms with Gasteiger partial charge in [0.2, 0.25) is 0 Å². The lowest BCUT2D eigenvalue weighted by molar-refractivity contribution is 0.317. The van der Waals surface area contributed by atoms with Crippen LogP contribution in [0.4, 0.5) is 0 Å². The summed E-state index contributed by atoms with van der Waals surface area (Å²) in [5.74, 6) is 0.615. The smallest absolute Gasteiger partial charge is 0.195 e. The Morgan fingerprint density at radius 1 is 1.69 bits per heavy atom. The van der Waals surface area contributed by atoms with Crippen molar-refractivity contribution < 1.29 is 0 Å². The molecule has 0 aliphatic carbocycles. The largest absolute Gasteiger partial charge is 0.318 e. The number of nitrogens with one attached hydrogen (secondary N) is 1. The van der Waals surface area contributed by atoms with E-state index < -0.39 is 5.54 Å². The van der Waals surface area contributed by atoms with Crippen LogP contribution in [0.2, 0.25) is 0 Å². The van der Waals surface area contributed by atoms with Crippen LogP contribution in [0.25, 0.3) is 0 Å². The summed E-state index contributed by atoms with van der Waals surface area (Å²) < 4.78 is 0. The lowest BCUT2D eigenvalue weighted by atomic mass is 9.97. The van der Waals surface area contributed by atoms with Crippen molar-refractivity contribution >= 4 is 0 Å². The molecule has 13 heavy (non-hydrogen) atoms. The van der Waals surface area contributed by atoms with E-state index in [9.17, 15) is 0 Å². The summed E-state index contributed by atoms with van der Waals surface area (Å²) in [6.07, 6.45) is 0.878. The topological polar surface area (TPSA) is 83.7 Å². The summed E-state index contributed by atoms with van der Waals surface area (Å²) in [5.41, 5.74) is 5.75. The van der Waals surface area contributed by atoms with Gasteiger partial charge in [0.1, 0.15) is 0 Å². The van der Waals surface area contributed by atoms with E-state index in [0.29, 0.717) is 11.9 Å². The third kappa shape index (κ3) is 1.31. The van der Waals surface area contributed by atoms with Crippen molar-refractivity contribution in [3.63, 3.8) is 0 Å². The Bertz CT molecular complexity index is 271. The van der Waals surface area contributed by atoms with Gasteiger partial charge in [-0.1, -0.05) is 5.21 Å². The quantitative estimate of drug-likeness (QED) is 0.586. The van der Waals surface area contributed by atoms with Crippen molar-refractivity contribution in [1.82, 2.24) is 25.5 Å². The Morgan fingerprint density at radius 2 is 2.46 bits per heavy atom. The molecule has 0 aromatic carbocycles. The molecule has 1 fully saturated rings. The van der Waals surface area contributed by atoms with Gasteiger partial charge >= 0.3 is 0 Å². The molecule has 1 aliphatic heterocycles. The van der Waals surface area contributed by atoms with E-state index in [1.165, 1.54) is 0 Å². The van der Waals surface area contributed by atoms with Gasteiger partial charge in [-0.25, -0.2) is 0 Å². The summed E-state index contributed by atoms with van der Waals surface area (Å²) in [5, 5.41) is 13.8. The van der Waals surface area contributed by atoms with E-state index in [2.05, 4.69) is 39.5 Å². The maximum absolute atomic E-state index is 6.18. The first kappa shape index (κ1) is 8.58. The number of aromatic nitrogens is 4. The predicted octanol–water partition coefficient (Wildman–Crippen LogP) is -0.922. The summed E-state index contributed by atoms with van der Waals surface area (Å²) in [4.78, 5) is 2.20. The zero-order valence-electron chi connectivity index (χ0n) is 7.86. The van der Waals surface area contributed by atoms with Gasteiger partial charge in [-0.15, -0.1) is 10.2 Å². The van der Waals surface area contributed by atoms with Crippen molar-refractivity contribution in [2.75, 3.05) is 13.6 Å². The number of aromatic amines is 1. The van der Waals surface area contributed by atoms with E-state index in [1.807, 2.05) is 0 Å². The molecule has 2 atom stereocenters. The van der Waals surface area contributed by atoms with Crippen LogP contribution in [0.5, 0.6) is 0 Å². The minimum absolute atomic E-state index is 0.429. The molecule has 1 aromatic heterocycles. The third-order valence-electron chi connectivity index (χ3n) is 2.73. The van der Waals surface area contributed by atoms with Crippen LogP contribution < -0.4 is 5.73 Å². The standard InChI is InChI=1S/C7H14N6/c1-5-3-7(8,4-13(5)2)6-9-11-12-10-6/h5H,3-4,8H2,1-2H3,(H,9,10,11,12). The first-order valence-electron chi connectivity index (χ1n) is 4.35. The maximum Gasteiger partial charge on any atom is 0.195 e. The number of rotatable bonds is 1. The molecule has 0 bridgehead atoms. The number of hydrogen-bond acceptors (Lipinski definition) is 5. The highest BCUT2D eigenvalue weighted by molar-refractivity contribution is 5.08. The van der Waals surface area contributed by atoms with Crippen molar-refractivity contribution in [3.05, 3.63) is 5.82 Å². The van der Waals surface area contributed by atoms with Gasteiger partial charge in [-0.3, -0.25) is 0 Å². The van der Waals surface area contributed by atoms with E-state index in [1.54, 1.807) is 0 Å². The highest BCUT2D eigenvalue weighted by Crippen LogP contribution is 2.29. The molecule has 1 aliphatic rings. The van der Waals surface area contributed by atoms with Gasteiger partial charge in [0.25, 0.3) is 0 Å². The average molecular weight is 182 g/mol. The first-order valence-corrected chi connectivity index (χ1v) is 4.35. The Labute approximate surface area is 76.5 Å². The fraction of sp³-hybridized carbons (Fsp3) is 0.857. The highest BCUT2D eigenvalue weighted by Gasteiger charge is 2.41. The molecule has 6 nitrogen and oxygen atoms in total. The van der Waals surface area contributed by atoms with Crippen LogP contribution in [-0.2, 0) is 5.54 Å². The molecule has 2 heterocycles. The second kappa shape index (κ2) is 2.74. The second-order valence-electron chi connectivity index (χ2n) is 3.86. The van der Waals surface area contributed by atoms with Crippen LogP contribution in [0.1, 0.15) is 19.2 Å². The SMILES string of the molecule is CC1CC(N)(c2nn[nH]n2)CN1C. The molecule has 2 rings (SSSR count). The van der Waals surface area contributed by atoms with Crippen molar-refractivity contribution in [1.29, 1.82) is 0 Å². The molecule has 1 saturated heterocycles. The third-order valence-corrected chi connectivity index (χ3v) is 2.73. The van der Waals surface area contributed by atoms with Crippen LogP contribution in [0.3, 0.4) is 0 Å². The molecule has 0 radical (unpaired) electrons. The highest BCUT2D eigenvalue weighted by atomic mass is 15.5. The molecule has 0 spiro atoms. The van der Waals surface area contributed by atoms with Crippen molar-refractivity contribution in [2.45, 2.75) is 24.9 Å². The summed E-state index contributed by atoms with van der Waals surface area (Å²) >= 11 is 0. The Morgan fingerprint density at radius 3 is 2.92 bits per heavy atom. The van der Waals surface area contributed by atoms with Crippen molar-refractivity contribution in [3.8, 4) is 0 Å². The lowest BCUT2D eigenvalue weighted by Gasteiger charge is -2.18. The van der Waals surface area contributed by atoms with Crippen LogP contribution >= 0.6 is 0 Å². The van der Waals surface area contributed by atoms with Gasteiger partial charge in [0.15, 0.2) is 5.82 Å². The normalized spacial score (nSPS) is 35.5. The van der Waals surface area contributed by atoms with E-state index >= 15 is 0 Å². The molecule has 3 N–H and O–H groups in total. The monoisotopic (exact) mass is 182 g/mol. The van der Waals surface area contributed by atoms with Gasteiger partial charge < -0.3 is 10.6 Å². The molecular weight excluding hydrogens is 168 g/mol. The van der Waals surface area contributed by atoms with E-state index in [-0.39, 0.29) is 0 Å². The zero-order valence-corrected chi connectivity index (χ0v) is 7.86. The summed E-state index contributed by atoms with van der Waals surface area (Å²) in [6.45, 7) is 2.93. The Kier molecular flexibility index (Phi) is 1.81. The first-order chi connectivity index (χ1) is 6.12. The predicted molar refractivity (Wildman–Crippen MR) is 46.8 cm³/mol. The maximum atomic E-state index is 6.18. The minimum Gasteiger partial charge on any atom is -0.318 e. The molecule has 0 saturated carbocycles. The number of hydrogen-bond donors (Lipinski definition) is 2. The summed E-state index contributed by atoms with van der Waals surface area (Å²) in [7, 11) is 2.05. The van der Waals surface area contributed by atoms with Crippen LogP contribution in [0, 0.1) is 0 Å².